The van der Waals surface area contributed by atoms with E-state index >= 15 is 0 Å². The average Bonchev–Trinajstić information content (AvgIpc) is 2.76. The van der Waals surface area contributed by atoms with Gasteiger partial charge in [0.15, 0.2) is 0 Å². The minimum absolute atomic E-state index is 0.0463. The molecule has 3 rings (SSSR count). The molecule has 7 nitrogen and oxygen atoms in total. The highest BCUT2D eigenvalue weighted by atomic mass is 19.3. The molecule has 0 saturated heterocycles. The molecule has 0 radical (unpaired) electrons. The molecule has 1 aromatic rings. The minimum atomic E-state index is -4.75. The molecule has 0 aromatic heterocycles. The average molecular weight is 474 g/mol. The fourth-order valence-corrected chi connectivity index (χ4v) is 4.18. The molecule has 4 N–H and O–H groups in total. The summed E-state index contributed by atoms with van der Waals surface area (Å²) >= 11 is 0. The van der Waals surface area contributed by atoms with Crippen LogP contribution in [-0.4, -0.2) is 36.7 Å². The van der Waals surface area contributed by atoms with E-state index < -0.39 is 30.3 Å². The maximum atomic E-state index is 13.5. The smallest absolute Gasteiger partial charge is 0.426 e. The van der Waals surface area contributed by atoms with E-state index in [1.165, 1.54) is 12.1 Å². The first-order valence-electron chi connectivity index (χ1n) is 11.4. The van der Waals surface area contributed by atoms with Crippen molar-refractivity contribution in [1.29, 1.82) is 0 Å². The molecule has 0 spiro atoms. The number of benzene rings is 1. The van der Waals surface area contributed by atoms with Gasteiger partial charge in [-0.25, -0.2) is 9.59 Å². The lowest BCUT2D eigenvalue weighted by Crippen LogP contribution is -2.39. The van der Waals surface area contributed by atoms with Crippen molar-refractivity contribution in [1.82, 2.24) is 10.6 Å². The summed E-state index contributed by atoms with van der Waals surface area (Å²) in [5, 5.41) is 10.6. The van der Waals surface area contributed by atoms with E-state index in [1.807, 2.05) is 0 Å². The van der Waals surface area contributed by atoms with Gasteiger partial charge >= 0.3 is 24.6 Å². The number of halogens is 4. The number of carbonyl (C=O) groups excluding carboxylic acids is 2. The van der Waals surface area contributed by atoms with Crippen molar-refractivity contribution in [2.75, 3.05) is 10.6 Å². The summed E-state index contributed by atoms with van der Waals surface area (Å²) in [5.74, 6) is -0.641. The van der Waals surface area contributed by atoms with E-state index in [0.29, 0.717) is 0 Å². The Morgan fingerprint density at radius 2 is 1.36 bits per heavy atom. The van der Waals surface area contributed by atoms with Gasteiger partial charge in [0, 0.05) is 17.8 Å². The monoisotopic (exact) mass is 474 g/mol. The third kappa shape index (κ3) is 7.68. The lowest BCUT2D eigenvalue weighted by molar-refractivity contribution is -0.252. The van der Waals surface area contributed by atoms with Gasteiger partial charge in [-0.05, 0) is 43.9 Å². The Kier molecular flexibility index (Phi) is 8.62. The molecule has 1 aromatic carbocycles. The Hall–Kier alpha value is -2.72. The molecule has 0 unspecified atom stereocenters. The number of carbonyl (C=O) groups is 2. The third-order valence-electron chi connectivity index (χ3n) is 5.87. The standard InChI is InChI=1S/C22H30F4N4O3/c23-19(24)22(25,26)33-18-12-11-16(29-20(31)27-14-7-3-1-4-8-14)13-17(18)30-21(32)28-15-9-5-2-6-10-15/h11-15,19H,1-10H2,(H2,27,29,31)(H2,28,30,32). The molecule has 2 aliphatic carbocycles. The lowest BCUT2D eigenvalue weighted by Gasteiger charge is -2.24. The summed E-state index contributed by atoms with van der Waals surface area (Å²) < 4.78 is 56.5. The van der Waals surface area contributed by atoms with Gasteiger partial charge in [0.2, 0.25) is 0 Å². The molecule has 4 amide bonds. The van der Waals surface area contributed by atoms with Crippen molar-refractivity contribution < 1.29 is 31.9 Å². The molecule has 184 valence electrons. The molecular formula is C22H30F4N4O3. The first kappa shape index (κ1) is 24.9. The largest absolute Gasteiger partial charge is 0.461 e. The van der Waals surface area contributed by atoms with Crippen molar-refractivity contribution in [3.63, 3.8) is 0 Å². The molecule has 0 atom stereocenters. The quantitative estimate of drug-likeness (QED) is 0.375. The number of hydrogen-bond donors (Lipinski definition) is 4. The highest BCUT2D eigenvalue weighted by Gasteiger charge is 2.44. The van der Waals surface area contributed by atoms with Crippen LogP contribution in [0, 0.1) is 0 Å². The number of amides is 4. The lowest BCUT2D eigenvalue weighted by atomic mass is 9.96. The molecule has 2 saturated carbocycles. The van der Waals surface area contributed by atoms with Crippen LogP contribution in [-0.2, 0) is 0 Å². The van der Waals surface area contributed by atoms with Crippen molar-refractivity contribution in [2.24, 2.45) is 0 Å². The zero-order chi connectivity index (χ0) is 23.8. The van der Waals surface area contributed by atoms with Gasteiger partial charge < -0.3 is 26.0 Å². The van der Waals surface area contributed by atoms with Crippen molar-refractivity contribution in [3.8, 4) is 5.75 Å². The predicted molar refractivity (Wildman–Crippen MR) is 116 cm³/mol. The van der Waals surface area contributed by atoms with Crippen LogP contribution in [0.1, 0.15) is 64.2 Å². The molecule has 2 fully saturated rings. The van der Waals surface area contributed by atoms with Gasteiger partial charge in [-0.3, -0.25) is 0 Å². The van der Waals surface area contributed by atoms with E-state index in [2.05, 4.69) is 26.0 Å². The van der Waals surface area contributed by atoms with Crippen molar-refractivity contribution in [3.05, 3.63) is 18.2 Å². The first-order chi connectivity index (χ1) is 15.7. The Labute approximate surface area is 190 Å². The topological polar surface area (TPSA) is 91.5 Å². The number of alkyl halides is 4. The number of anilines is 2. The summed E-state index contributed by atoms with van der Waals surface area (Å²) in [6.45, 7) is 0. The summed E-state index contributed by atoms with van der Waals surface area (Å²) in [4.78, 5) is 24.7. The van der Waals surface area contributed by atoms with Gasteiger partial charge in [-0.1, -0.05) is 38.5 Å². The molecule has 0 aliphatic heterocycles. The van der Waals surface area contributed by atoms with E-state index in [-0.39, 0.29) is 23.5 Å². The zero-order valence-corrected chi connectivity index (χ0v) is 18.3. The van der Waals surface area contributed by atoms with Crippen molar-refractivity contribution in [2.45, 2.75) is 88.8 Å². The Bertz CT molecular complexity index is 813. The molecule has 2 aliphatic rings. The summed E-state index contributed by atoms with van der Waals surface area (Å²) in [6.07, 6.45) is 0.730. The fourth-order valence-electron chi connectivity index (χ4n) is 4.18. The highest BCUT2D eigenvalue weighted by Crippen LogP contribution is 2.34. The second-order valence-corrected chi connectivity index (χ2v) is 8.54. The predicted octanol–water partition coefficient (Wildman–Crippen LogP) is 5.83. The van der Waals surface area contributed by atoms with E-state index in [1.54, 1.807) is 0 Å². The van der Waals surface area contributed by atoms with Crippen LogP contribution in [0.5, 0.6) is 5.75 Å². The fraction of sp³-hybridized carbons (Fsp3) is 0.636. The molecule has 0 bridgehead atoms. The highest BCUT2D eigenvalue weighted by molar-refractivity contribution is 5.94. The van der Waals surface area contributed by atoms with Crippen molar-refractivity contribution >= 4 is 23.4 Å². The first-order valence-corrected chi connectivity index (χ1v) is 11.4. The molecule has 0 heterocycles. The maximum Gasteiger partial charge on any atom is 0.461 e. The molecule has 33 heavy (non-hydrogen) atoms. The van der Waals surface area contributed by atoms with Crippen LogP contribution < -0.4 is 26.0 Å². The van der Waals surface area contributed by atoms with Crippen LogP contribution >= 0.6 is 0 Å². The van der Waals surface area contributed by atoms with Crippen LogP contribution in [0.4, 0.5) is 38.5 Å². The minimum Gasteiger partial charge on any atom is -0.426 e. The summed E-state index contributed by atoms with van der Waals surface area (Å²) in [5.41, 5.74) is -0.0805. The van der Waals surface area contributed by atoms with Crippen LogP contribution in [0.3, 0.4) is 0 Å². The van der Waals surface area contributed by atoms with E-state index in [0.717, 1.165) is 70.3 Å². The third-order valence-corrected chi connectivity index (χ3v) is 5.87. The molecular weight excluding hydrogens is 444 g/mol. The number of rotatable bonds is 7. The summed E-state index contributed by atoms with van der Waals surface area (Å²) in [6, 6.07) is 2.27. The Morgan fingerprint density at radius 3 is 1.88 bits per heavy atom. The Morgan fingerprint density at radius 1 is 0.848 bits per heavy atom. The summed E-state index contributed by atoms with van der Waals surface area (Å²) in [7, 11) is 0. The van der Waals surface area contributed by atoms with Gasteiger partial charge in [-0.15, -0.1) is 0 Å². The SMILES string of the molecule is O=C(Nc1ccc(OC(F)(F)C(F)F)c(NC(=O)NC2CCCCC2)c1)NC1CCCCC1. The van der Waals surface area contributed by atoms with Crippen LogP contribution in [0.2, 0.25) is 0 Å². The van der Waals surface area contributed by atoms with Gasteiger partial charge in [0.1, 0.15) is 5.75 Å². The number of ether oxygens (including phenoxy) is 1. The van der Waals surface area contributed by atoms with Gasteiger partial charge in [0.05, 0.1) is 5.69 Å². The number of nitrogens with one attached hydrogen (secondary N) is 4. The van der Waals surface area contributed by atoms with Crippen LogP contribution in [0.25, 0.3) is 0 Å². The number of urea groups is 2. The van der Waals surface area contributed by atoms with Gasteiger partial charge in [0.25, 0.3) is 0 Å². The number of hydrogen-bond acceptors (Lipinski definition) is 3. The second-order valence-electron chi connectivity index (χ2n) is 8.54. The zero-order valence-electron chi connectivity index (χ0n) is 18.3. The van der Waals surface area contributed by atoms with Crippen LogP contribution in [0.15, 0.2) is 18.2 Å². The van der Waals surface area contributed by atoms with E-state index in [4.69, 9.17) is 0 Å². The normalized spacial score (nSPS) is 18.0. The van der Waals surface area contributed by atoms with E-state index in [9.17, 15) is 27.2 Å². The van der Waals surface area contributed by atoms with Gasteiger partial charge in [-0.2, -0.15) is 17.6 Å². The Balaban J connectivity index is 1.70. The maximum absolute atomic E-state index is 13.5. The molecule has 11 heteroatoms. The second kappa shape index (κ2) is 11.4.